The van der Waals surface area contributed by atoms with Crippen LogP contribution in [0.1, 0.15) is 36.8 Å². The summed E-state index contributed by atoms with van der Waals surface area (Å²) in [4.78, 5) is 0. The molecule has 2 aliphatic rings. The second-order valence-electron chi connectivity index (χ2n) is 6.04. The van der Waals surface area contributed by atoms with Crippen LogP contribution in [-0.2, 0) is 17.2 Å². The summed E-state index contributed by atoms with van der Waals surface area (Å²) in [5.74, 6) is -0.219. The van der Waals surface area contributed by atoms with Gasteiger partial charge in [0.25, 0.3) is 0 Å². The van der Waals surface area contributed by atoms with Crippen molar-refractivity contribution in [2.24, 2.45) is 0 Å². The molecular weight excluding hydrogens is 263 g/mol. The van der Waals surface area contributed by atoms with E-state index in [1.54, 1.807) is 13.0 Å². The van der Waals surface area contributed by atoms with E-state index in [0.717, 1.165) is 18.4 Å². The molecule has 2 unspecified atom stereocenters. The number of fused-ring (bicyclic) bond motifs is 2. The lowest BCUT2D eigenvalue weighted by Gasteiger charge is -2.36. The van der Waals surface area contributed by atoms with E-state index in [-0.39, 0.29) is 16.3 Å². The first-order chi connectivity index (χ1) is 8.97. The third-order valence-electron chi connectivity index (χ3n) is 4.45. The van der Waals surface area contributed by atoms with Gasteiger partial charge < -0.3 is 5.11 Å². The highest BCUT2D eigenvalue weighted by Gasteiger charge is 2.47. The van der Waals surface area contributed by atoms with Crippen molar-refractivity contribution in [3.8, 4) is 0 Å². The molecule has 1 aromatic rings. The van der Waals surface area contributed by atoms with Gasteiger partial charge in [-0.05, 0) is 49.8 Å². The van der Waals surface area contributed by atoms with Crippen molar-refractivity contribution in [2.75, 3.05) is 0 Å². The molecular formula is C15H19FO2S. The summed E-state index contributed by atoms with van der Waals surface area (Å²) in [6.45, 7) is 1.73. The Labute approximate surface area is 115 Å². The fraction of sp³-hybridized carbons (Fsp3) is 0.600. The van der Waals surface area contributed by atoms with Crippen molar-refractivity contribution in [1.29, 1.82) is 0 Å². The summed E-state index contributed by atoms with van der Waals surface area (Å²) in [6.07, 6.45) is 3.56. The van der Waals surface area contributed by atoms with Gasteiger partial charge in [-0.15, -0.1) is 0 Å². The Kier molecular flexibility index (Phi) is 3.26. The van der Waals surface area contributed by atoms with Crippen molar-refractivity contribution >= 4 is 10.8 Å². The van der Waals surface area contributed by atoms with Gasteiger partial charge in [0.15, 0.2) is 0 Å². The summed E-state index contributed by atoms with van der Waals surface area (Å²) >= 11 is 0. The monoisotopic (exact) mass is 282 g/mol. The zero-order chi connectivity index (χ0) is 13.6. The molecule has 1 aromatic carbocycles. The molecule has 19 heavy (non-hydrogen) atoms. The van der Waals surface area contributed by atoms with Crippen molar-refractivity contribution < 1.29 is 13.7 Å². The number of aryl methyl sites for hydroxylation is 1. The molecule has 0 spiro atoms. The first-order valence-electron chi connectivity index (χ1n) is 6.84. The van der Waals surface area contributed by atoms with Crippen LogP contribution in [0.25, 0.3) is 0 Å². The molecule has 4 heteroatoms. The summed E-state index contributed by atoms with van der Waals surface area (Å²) < 4.78 is 25.5. The SMILES string of the molecule is Cc1ccc(CC2(O)CC3CCC(C2)S3=O)cc1F. The van der Waals surface area contributed by atoms with Crippen LogP contribution in [0, 0.1) is 12.7 Å². The van der Waals surface area contributed by atoms with E-state index in [1.165, 1.54) is 6.07 Å². The standard InChI is InChI=1S/C15H19FO2S/c1-10-2-3-11(6-14(10)16)7-15(17)8-12-4-5-13(9-15)19(12)18/h2-3,6,12-13,17H,4-5,7-9H2,1H3. The molecule has 1 N–H and O–H groups in total. The van der Waals surface area contributed by atoms with E-state index < -0.39 is 16.4 Å². The zero-order valence-electron chi connectivity index (χ0n) is 11.1. The van der Waals surface area contributed by atoms with Gasteiger partial charge in [-0.2, -0.15) is 0 Å². The largest absolute Gasteiger partial charge is 0.389 e. The smallest absolute Gasteiger partial charge is 0.126 e. The Hall–Kier alpha value is -0.740. The Morgan fingerprint density at radius 2 is 2.00 bits per heavy atom. The van der Waals surface area contributed by atoms with E-state index in [0.29, 0.717) is 24.8 Å². The van der Waals surface area contributed by atoms with Gasteiger partial charge >= 0.3 is 0 Å². The average Bonchev–Trinajstić information content (AvgIpc) is 2.59. The molecule has 0 radical (unpaired) electrons. The summed E-state index contributed by atoms with van der Waals surface area (Å²) in [5, 5.41) is 11.0. The maximum absolute atomic E-state index is 13.6. The average molecular weight is 282 g/mol. The van der Waals surface area contributed by atoms with E-state index in [1.807, 2.05) is 6.07 Å². The lowest BCUT2D eigenvalue weighted by atomic mass is 9.86. The lowest BCUT2D eigenvalue weighted by Crippen LogP contribution is -2.44. The maximum atomic E-state index is 13.6. The van der Waals surface area contributed by atoms with Crippen molar-refractivity contribution in [1.82, 2.24) is 0 Å². The number of aliphatic hydroxyl groups is 1. The highest BCUT2D eigenvalue weighted by Crippen LogP contribution is 2.42. The normalized spacial score (nSPS) is 37.5. The maximum Gasteiger partial charge on any atom is 0.126 e. The van der Waals surface area contributed by atoms with Crippen LogP contribution in [0.4, 0.5) is 4.39 Å². The molecule has 0 aromatic heterocycles. The van der Waals surface area contributed by atoms with Gasteiger partial charge in [-0.25, -0.2) is 4.39 Å². The first-order valence-corrected chi connectivity index (χ1v) is 8.11. The molecule has 2 saturated heterocycles. The molecule has 2 fully saturated rings. The number of hydrogen-bond acceptors (Lipinski definition) is 2. The van der Waals surface area contributed by atoms with Gasteiger partial charge in [0.05, 0.1) is 5.60 Å². The summed E-state index contributed by atoms with van der Waals surface area (Å²) in [7, 11) is -0.765. The predicted octanol–water partition coefficient (Wildman–Crippen LogP) is 2.48. The molecule has 2 aliphatic heterocycles. The van der Waals surface area contributed by atoms with Crippen LogP contribution >= 0.6 is 0 Å². The molecule has 0 aliphatic carbocycles. The molecule has 0 saturated carbocycles. The fourth-order valence-electron chi connectivity index (χ4n) is 3.45. The topological polar surface area (TPSA) is 37.3 Å². The van der Waals surface area contributed by atoms with Crippen LogP contribution in [0.3, 0.4) is 0 Å². The van der Waals surface area contributed by atoms with E-state index in [2.05, 4.69) is 0 Å². The van der Waals surface area contributed by atoms with Gasteiger partial charge in [0.2, 0.25) is 0 Å². The molecule has 3 rings (SSSR count). The first kappa shape index (κ1) is 13.3. The van der Waals surface area contributed by atoms with Gasteiger partial charge in [0, 0.05) is 27.7 Å². The molecule has 2 heterocycles. The van der Waals surface area contributed by atoms with Crippen molar-refractivity contribution in [3.05, 3.63) is 35.1 Å². The van der Waals surface area contributed by atoms with Crippen molar-refractivity contribution in [3.63, 3.8) is 0 Å². The number of rotatable bonds is 2. The van der Waals surface area contributed by atoms with E-state index in [4.69, 9.17) is 0 Å². The second kappa shape index (κ2) is 4.67. The van der Waals surface area contributed by atoms with Gasteiger partial charge in [0.1, 0.15) is 5.82 Å². The Bertz CT molecular complexity index is 513. The number of benzene rings is 1. The molecule has 2 nitrogen and oxygen atoms in total. The third kappa shape index (κ3) is 2.48. The highest BCUT2D eigenvalue weighted by molar-refractivity contribution is 7.86. The highest BCUT2D eigenvalue weighted by atomic mass is 32.2. The summed E-state index contributed by atoms with van der Waals surface area (Å²) in [6, 6.07) is 5.15. The zero-order valence-corrected chi connectivity index (χ0v) is 11.9. The minimum atomic E-state index is -0.804. The van der Waals surface area contributed by atoms with E-state index >= 15 is 0 Å². The molecule has 2 atom stereocenters. The number of hydrogen-bond donors (Lipinski definition) is 1. The Balaban J connectivity index is 1.79. The molecule has 0 amide bonds. The minimum absolute atomic E-state index is 0.138. The van der Waals surface area contributed by atoms with Gasteiger partial charge in [-0.1, -0.05) is 12.1 Å². The lowest BCUT2D eigenvalue weighted by molar-refractivity contribution is 0.0230. The molecule has 104 valence electrons. The van der Waals surface area contributed by atoms with Crippen molar-refractivity contribution in [2.45, 2.75) is 55.1 Å². The fourth-order valence-corrected chi connectivity index (χ4v) is 5.68. The van der Waals surface area contributed by atoms with Crippen LogP contribution in [-0.4, -0.2) is 25.4 Å². The van der Waals surface area contributed by atoms with Crippen LogP contribution < -0.4 is 0 Å². The predicted molar refractivity (Wildman–Crippen MR) is 74.0 cm³/mol. The Morgan fingerprint density at radius 3 is 2.58 bits per heavy atom. The quantitative estimate of drug-likeness (QED) is 0.905. The summed E-state index contributed by atoms with van der Waals surface area (Å²) in [5.41, 5.74) is 0.653. The van der Waals surface area contributed by atoms with E-state index in [9.17, 15) is 13.7 Å². The van der Waals surface area contributed by atoms with Gasteiger partial charge in [-0.3, -0.25) is 4.21 Å². The van der Waals surface area contributed by atoms with Crippen LogP contribution in [0.15, 0.2) is 18.2 Å². The third-order valence-corrected chi connectivity index (χ3v) is 6.57. The second-order valence-corrected chi connectivity index (χ2v) is 8.03. The Morgan fingerprint density at radius 1 is 1.37 bits per heavy atom. The number of halogens is 1. The van der Waals surface area contributed by atoms with Crippen LogP contribution in [0.2, 0.25) is 0 Å². The molecule has 2 bridgehead atoms. The van der Waals surface area contributed by atoms with Crippen LogP contribution in [0.5, 0.6) is 0 Å². The minimum Gasteiger partial charge on any atom is -0.389 e.